The number of rotatable bonds is 5. The molecule has 1 N–H and O–H groups in total. The van der Waals surface area contributed by atoms with E-state index < -0.39 is 0 Å². The van der Waals surface area contributed by atoms with E-state index in [9.17, 15) is 4.79 Å². The Morgan fingerprint density at radius 3 is 2.69 bits per heavy atom. The van der Waals surface area contributed by atoms with Crippen LogP contribution in [-0.2, 0) is 6.42 Å². The first-order valence-corrected chi connectivity index (χ1v) is 13.5. The normalized spacial score (nSPS) is 17.0. The van der Waals surface area contributed by atoms with Crippen molar-refractivity contribution in [3.63, 3.8) is 0 Å². The molecule has 178 valence electrons. The van der Waals surface area contributed by atoms with E-state index in [4.69, 9.17) is 4.98 Å². The lowest BCUT2D eigenvalue weighted by Crippen LogP contribution is -2.26. The van der Waals surface area contributed by atoms with Crippen LogP contribution in [0.25, 0.3) is 22.2 Å². The van der Waals surface area contributed by atoms with E-state index in [0.717, 1.165) is 28.6 Å². The number of fused-ring (bicyclic) bond motifs is 2. The van der Waals surface area contributed by atoms with Crippen molar-refractivity contribution in [1.82, 2.24) is 19.7 Å². The van der Waals surface area contributed by atoms with Gasteiger partial charge in [0.1, 0.15) is 11.9 Å². The quantitative estimate of drug-likeness (QED) is 0.316. The average Bonchev–Trinajstić information content (AvgIpc) is 3.42. The molecule has 1 aliphatic carbocycles. The Balaban J connectivity index is 1.29. The van der Waals surface area contributed by atoms with Crippen molar-refractivity contribution >= 4 is 22.5 Å². The van der Waals surface area contributed by atoms with Gasteiger partial charge >= 0.3 is 0 Å². The van der Waals surface area contributed by atoms with Crippen LogP contribution in [0.3, 0.4) is 0 Å². The monoisotopic (exact) mass is 490 g/mol. The topological polar surface area (TPSA) is 63.6 Å². The molecule has 1 aliphatic heterocycles. The van der Waals surface area contributed by atoms with E-state index >= 15 is 0 Å². The third-order valence-corrected chi connectivity index (χ3v) is 8.53. The molecule has 6 heteroatoms. The molecule has 1 saturated carbocycles. The van der Waals surface area contributed by atoms with E-state index in [1.165, 1.54) is 45.9 Å². The number of aromatic amines is 1. The molecule has 36 heavy (non-hydrogen) atoms. The third-order valence-electron chi connectivity index (χ3n) is 7.36. The highest BCUT2D eigenvalue weighted by molar-refractivity contribution is 7.99. The minimum atomic E-state index is -0.132. The van der Waals surface area contributed by atoms with Gasteiger partial charge in [-0.1, -0.05) is 66.2 Å². The van der Waals surface area contributed by atoms with Crippen LogP contribution in [0.4, 0.5) is 0 Å². The van der Waals surface area contributed by atoms with Crippen LogP contribution < -0.4 is 5.56 Å². The van der Waals surface area contributed by atoms with E-state index in [2.05, 4.69) is 71.7 Å². The first-order valence-electron chi connectivity index (χ1n) is 12.5. The maximum Gasteiger partial charge on any atom is 0.252 e. The van der Waals surface area contributed by atoms with Crippen molar-refractivity contribution in [2.75, 3.05) is 5.75 Å². The number of benzene rings is 3. The van der Waals surface area contributed by atoms with E-state index in [1.54, 1.807) is 11.8 Å². The molecular weight excluding hydrogens is 464 g/mol. The Kier molecular flexibility index (Phi) is 5.10. The lowest BCUT2D eigenvalue weighted by molar-refractivity contribution is 0.558. The summed E-state index contributed by atoms with van der Waals surface area (Å²) in [6.07, 6.45) is 3.17. The third kappa shape index (κ3) is 3.68. The number of nitrogens with one attached hydrogen (secondary N) is 1. The van der Waals surface area contributed by atoms with Gasteiger partial charge in [0.25, 0.3) is 5.56 Å². The standard InChI is InChI=1S/C30H26N4OS/c1-18-6-4-10-22(14-18)28-31-29(33-32-28)25-17-36-30-27(20-12-13-20)23(16-26(35)34(25)30)15-21-9-5-8-19-7-2-3-11-24(19)21/h2-11,14,16,20,25H,12-13,15,17H2,1H3,(H,31,32,33). The smallest absolute Gasteiger partial charge is 0.252 e. The largest absolute Gasteiger partial charge is 0.291 e. The van der Waals surface area contributed by atoms with Crippen molar-refractivity contribution in [1.29, 1.82) is 0 Å². The number of nitrogens with zero attached hydrogens (tertiary/aromatic N) is 3. The lowest BCUT2D eigenvalue weighted by atomic mass is 9.95. The molecule has 2 aromatic heterocycles. The van der Waals surface area contributed by atoms with Crippen LogP contribution in [0.2, 0.25) is 0 Å². The molecule has 0 amide bonds. The molecule has 2 aliphatic rings. The Morgan fingerprint density at radius 1 is 1.00 bits per heavy atom. The Bertz CT molecular complexity index is 1680. The van der Waals surface area contributed by atoms with E-state index in [0.29, 0.717) is 11.7 Å². The summed E-state index contributed by atoms with van der Waals surface area (Å²) in [6, 6.07) is 24.9. The minimum absolute atomic E-state index is 0.0492. The fraction of sp³-hybridized carbons (Fsp3) is 0.233. The summed E-state index contributed by atoms with van der Waals surface area (Å²) in [4.78, 5) is 18.4. The molecule has 0 saturated heterocycles. The van der Waals surface area contributed by atoms with E-state index in [1.807, 2.05) is 22.8 Å². The van der Waals surface area contributed by atoms with Crippen molar-refractivity contribution < 1.29 is 0 Å². The Morgan fingerprint density at radius 2 is 1.83 bits per heavy atom. The van der Waals surface area contributed by atoms with Gasteiger partial charge in [-0.25, -0.2) is 4.98 Å². The van der Waals surface area contributed by atoms with Crippen LogP contribution in [0.15, 0.2) is 82.6 Å². The molecule has 7 rings (SSSR count). The number of aromatic nitrogens is 4. The first kappa shape index (κ1) is 21.6. The number of hydrogen-bond donors (Lipinski definition) is 1. The van der Waals surface area contributed by atoms with Crippen molar-refractivity contribution in [3.8, 4) is 11.4 Å². The van der Waals surface area contributed by atoms with Gasteiger partial charge in [-0.15, -0.1) is 11.8 Å². The highest BCUT2D eigenvalue weighted by Crippen LogP contribution is 2.49. The summed E-state index contributed by atoms with van der Waals surface area (Å²) < 4.78 is 1.96. The van der Waals surface area contributed by atoms with Gasteiger partial charge < -0.3 is 0 Å². The fourth-order valence-electron chi connectivity index (χ4n) is 5.48. The van der Waals surface area contributed by atoms with Gasteiger partial charge in [0.05, 0.1) is 5.03 Å². The van der Waals surface area contributed by atoms with Gasteiger partial charge in [-0.3, -0.25) is 14.5 Å². The van der Waals surface area contributed by atoms with Gasteiger partial charge in [-0.05, 0) is 65.6 Å². The van der Waals surface area contributed by atoms with Gasteiger partial charge in [0, 0.05) is 17.4 Å². The highest BCUT2D eigenvalue weighted by Gasteiger charge is 2.37. The molecule has 5 aromatic rings. The predicted molar refractivity (Wildman–Crippen MR) is 145 cm³/mol. The second kappa shape index (κ2) is 8.49. The highest BCUT2D eigenvalue weighted by atomic mass is 32.2. The van der Waals surface area contributed by atoms with Crippen molar-refractivity contribution in [2.45, 2.75) is 43.2 Å². The molecule has 0 spiro atoms. The summed E-state index contributed by atoms with van der Waals surface area (Å²) in [5.74, 6) is 2.76. The fourth-order valence-corrected chi connectivity index (χ4v) is 6.92. The second-order valence-electron chi connectivity index (χ2n) is 9.93. The molecule has 5 nitrogen and oxygen atoms in total. The molecule has 1 atom stereocenters. The summed E-state index contributed by atoms with van der Waals surface area (Å²) in [7, 11) is 0. The SMILES string of the molecule is Cc1cccc(-c2n[nH]c(C3CSc4c(C5CC5)c(Cc5cccc6ccccc56)cc(=O)n43)n2)c1. The van der Waals surface area contributed by atoms with Crippen LogP contribution in [0.1, 0.15) is 52.9 Å². The molecule has 1 unspecified atom stereocenters. The Hall–Kier alpha value is -3.64. The summed E-state index contributed by atoms with van der Waals surface area (Å²) in [6.45, 7) is 2.07. The molecule has 0 bridgehead atoms. The second-order valence-corrected chi connectivity index (χ2v) is 10.9. The van der Waals surface area contributed by atoms with Gasteiger partial charge in [-0.2, -0.15) is 5.10 Å². The van der Waals surface area contributed by atoms with Crippen LogP contribution >= 0.6 is 11.8 Å². The molecule has 3 heterocycles. The van der Waals surface area contributed by atoms with Crippen LogP contribution in [-0.4, -0.2) is 25.5 Å². The number of hydrogen-bond acceptors (Lipinski definition) is 4. The molecule has 1 fully saturated rings. The number of aryl methyl sites for hydroxylation is 1. The predicted octanol–water partition coefficient (Wildman–Crippen LogP) is 6.26. The zero-order chi connectivity index (χ0) is 24.2. The zero-order valence-corrected chi connectivity index (χ0v) is 20.9. The van der Waals surface area contributed by atoms with Gasteiger partial charge in [0.15, 0.2) is 5.82 Å². The maximum atomic E-state index is 13.6. The Labute approximate surface area is 213 Å². The number of H-pyrrole nitrogens is 1. The summed E-state index contributed by atoms with van der Waals surface area (Å²) in [5, 5.41) is 11.3. The maximum absolute atomic E-state index is 13.6. The lowest BCUT2D eigenvalue weighted by Gasteiger charge is -2.17. The van der Waals surface area contributed by atoms with Crippen molar-refractivity contribution in [2.24, 2.45) is 0 Å². The first-order chi connectivity index (χ1) is 17.7. The summed E-state index contributed by atoms with van der Waals surface area (Å²) >= 11 is 1.79. The minimum Gasteiger partial charge on any atom is -0.291 e. The summed E-state index contributed by atoms with van der Waals surface area (Å²) in [5.41, 5.74) is 6.03. The molecule has 0 radical (unpaired) electrons. The van der Waals surface area contributed by atoms with Crippen molar-refractivity contribution in [3.05, 3.63) is 111 Å². The van der Waals surface area contributed by atoms with Crippen LogP contribution in [0, 0.1) is 6.92 Å². The number of pyridine rings is 1. The zero-order valence-electron chi connectivity index (χ0n) is 20.1. The molecule has 3 aromatic carbocycles. The van der Waals surface area contributed by atoms with Gasteiger partial charge in [0.2, 0.25) is 0 Å². The molecular formula is C30H26N4OS. The number of thioether (sulfide) groups is 1. The average molecular weight is 491 g/mol. The van der Waals surface area contributed by atoms with E-state index in [-0.39, 0.29) is 11.6 Å². The van der Waals surface area contributed by atoms with Crippen LogP contribution in [0.5, 0.6) is 0 Å².